The molecule has 1 aliphatic heterocycles. The predicted molar refractivity (Wildman–Crippen MR) is 95.5 cm³/mol. The average Bonchev–Trinajstić information content (AvgIpc) is 3.12. The summed E-state index contributed by atoms with van der Waals surface area (Å²) in [4.78, 5) is 25.4. The van der Waals surface area contributed by atoms with Crippen LogP contribution in [0.2, 0.25) is 0 Å². The van der Waals surface area contributed by atoms with Gasteiger partial charge in [0.2, 0.25) is 11.6 Å². The Morgan fingerprint density at radius 3 is 2.56 bits per heavy atom. The maximum Gasteiger partial charge on any atom is 0.299 e. The van der Waals surface area contributed by atoms with E-state index >= 15 is 0 Å². The number of aromatic nitrogens is 2. The molecular weight excluding hydrogens is 316 g/mol. The molecule has 0 bridgehead atoms. The van der Waals surface area contributed by atoms with Crippen LogP contribution in [-0.2, 0) is 4.79 Å². The highest BCUT2D eigenvalue weighted by Gasteiger charge is 2.27. The van der Waals surface area contributed by atoms with Gasteiger partial charge in [0.15, 0.2) is 0 Å². The second kappa shape index (κ2) is 6.55. The van der Waals surface area contributed by atoms with Crippen LogP contribution < -0.4 is 4.90 Å². The van der Waals surface area contributed by atoms with Crippen LogP contribution in [0.1, 0.15) is 18.4 Å². The van der Waals surface area contributed by atoms with Gasteiger partial charge in [0.05, 0.1) is 5.92 Å². The van der Waals surface area contributed by atoms with Crippen molar-refractivity contribution in [1.82, 2.24) is 14.9 Å². The van der Waals surface area contributed by atoms with Gasteiger partial charge in [-0.25, -0.2) is 4.98 Å². The fraction of sp³-hybridized carbons (Fsp3) is 0.316. The standard InChI is InChI=1S/C19H20N4O2/c1-14(15-6-3-2-4-7-15)18(24)22-10-12-23(13-11-22)19-21-16-8-5-9-20-17(16)25-19/h2-9,14H,10-13H2,1H3/t14-/m0/s1. The summed E-state index contributed by atoms with van der Waals surface area (Å²) >= 11 is 0. The first kappa shape index (κ1) is 15.6. The topological polar surface area (TPSA) is 62.5 Å². The largest absolute Gasteiger partial charge is 0.404 e. The first-order chi connectivity index (χ1) is 12.2. The predicted octanol–water partition coefficient (Wildman–Crippen LogP) is 2.68. The van der Waals surface area contributed by atoms with Gasteiger partial charge in [-0.05, 0) is 24.6 Å². The zero-order chi connectivity index (χ0) is 17.2. The quantitative estimate of drug-likeness (QED) is 0.736. The van der Waals surface area contributed by atoms with E-state index in [0.717, 1.165) is 11.1 Å². The Morgan fingerprint density at radius 2 is 1.84 bits per heavy atom. The highest BCUT2D eigenvalue weighted by atomic mass is 16.4. The van der Waals surface area contributed by atoms with Crippen LogP contribution in [0.25, 0.3) is 11.2 Å². The molecule has 1 aliphatic rings. The van der Waals surface area contributed by atoms with Crippen LogP contribution in [0.15, 0.2) is 53.1 Å². The fourth-order valence-corrected chi connectivity index (χ4v) is 3.17. The molecule has 0 N–H and O–H groups in total. The Morgan fingerprint density at radius 1 is 1.08 bits per heavy atom. The SMILES string of the molecule is C[C@H](C(=O)N1CCN(c2nc3cccnc3o2)CC1)c1ccccc1. The molecule has 4 rings (SSSR count). The number of nitrogens with zero attached hydrogens (tertiary/aromatic N) is 4. The molecule has 3 heterocycles. The van der Waals surface area contributed by atoms with Gasteiger partial charge >= 0.3 is 0 Å². The van der Waals surface area contributed by atoms with Crippen LogP contribution in [0.4, 0.5) is 6.01 Å². The molecule has 1 atom stereocenters. The molecule has 0 saturated carbocycles. The van der Waals surface area contributed by atoms with Crippen molar-refractivity contribution in [1.29, 1.82) is 0 Å². The molecule has 2 aromatic heterocycles. The Hall–Kier alpha value is -2.89. The summed E-state index contributed by atoms with van der Waals surface area (Å²) in [5, 5.41) is 0. The highest BCUT2D eigenvalue weighted by Crippen LogP contribution is 2.23. The smallest absolute Gasteiger partial charge is 0.299 e. The molecule has 3 aromatic rings. The fourth-order valence-electron chi connectivity index (χ4n) is 3.17. The van der Waals surface area contributed by atoms with E-state index in [0.29, 0.717) is 37.9 Å². The number of benzene rings is 1. The average molecular weight is 336 g/mol. The number of hydrogen-bond acceptors (Lipinski definition) is 5. The minimum absolute atomic E-state index is 0.124. The molecule has 6 nitrogen and oxygen atoms in total. The number of carbonyl (C=O) groups is 1. The monoisotopic (exact) mass is 336 g/mol. The van der Waals surface area contributed by atoms with Crippen molar-refractivity contribution in [2.45, 2.75) is 12.8 Å². The number of piperazine rings is 1. The number of hydrogen-bond donors (Lipinski definition) is 0. The Bertz CT molecular complexity index is 836. The lowest BCUT2D eigenvalue weighted by Crippen LogP contribution is -2.50. The number of anilines is 1. The first-order valence-electron chi connectivity index (χ1n) is 8.52. The van der Waals surface area contributed by atoms with Gasteiger partial charge < -0.3 is 14.2 Å². The molecule has 128 valence electrons. The number of rotatable bonds is 3. The van der Waals surface area contributed by atoms with E-state index in [-0.39, 0.29) is 11.8 Å². The minimum atomic E-state index is -0.124. The molecular formula is C19H20N4O2. The van der Waals surface area contributed by atoms with Crippen LogP contribution in [0.3, 0.4) is 0 Å². The molecule has 0 unspecified atom stereocenters. The lowest BCUT2D eigenvalue weighted by Gasteiger charge is -2.35. The van der Waals surface area contributed by atoms with E-state index in [2.05, 4.69) is 14.9 Å². The Labute approximate surface area is 146 Å². The third kappa shape index (κ3) is 3.07. The van der Waals surface area contributed by atoms with Crippen LogP contribution >= 0.6 is 0 Å². The molecule has 1 fully saturated rings. The summed E-state index contributed by atoms with van der Waals surface area (Å²) < 4.78 is 5.72. The van der Waals surface area contributed by atoms with Crippen molar-refractivity contribution < 1.29 is 9.21 Å². The number of carbonyl (C=O) groups excluding carboxylic acids is 1. The van der Waals surface area contributed by atoms with Crippen molar-refractivity contribution in [2.75, 3.05) is 31.1 Å². The zero-order valence-electron chi connectivity index (χ0n) is 14.1. The molecule has 6 heteroatoms. The van der Waals surface area contributed by atoms with Crippen molar-refractivity contribution in [3.63, 3.8) is 0 Å². The first-order valence-corrected chi connectivity index (χ1v) is 8.52. The van der Waals surface area contributed by atoms with Gasteiger partial charge in [-0.15, -0.1) is 0 Å². The molecule has 1 amide bonds. The van der Waals surface area contributed by atoms with Crippen LogP contribution in [-0.4, -0.2) is 47.0 Å². The maximum atomic E-state index is 12.7. The van der Waals surface area contributed by atoms with E-state index in [1.807, 2.05) is 54.3 Å². The number of oxazole rings is 1. The summed E-state index contributed by atoms with van der Waals surface area (Å²) in [5.74, 6) is 0.0476. The van der Waals surface area contributed by atoms with Crippen LogP contribution in [0.5, 0.6) is 0 Å². The highest BCUT2D eigenvalue weighted by molar-refractivity contribution is 5.83. The van der Waals surface area contributed by atoms with Gasteiger partial charge in [0, 0.05) is 32.4 Å². The molecule has 1 saturated heterocycles. The van der Waals surface area contributed by atoms with Crippen molar-refractivity contribution in [2.24, 2.45) is 0 Å². The van der Waals surface area contributed by atoms with Crippen molar-refractivity contribution >= 4 is 23.2 Å². The normalized spacial score (nSPS) is 16.2. The molecule has 0 spiro atoms. The van der Waals surface area contributed by atoms with Gasteiger partial charge in [-0.3, -0.25) is 4.79 Å². The maximum absolute atomic E-state index is 12.7. The van der Waals surface area contributed by atoms with Gasteiger partial charge in [-0.2, -0.15) is 4.98 Å². The van der Waals surface area contributed by atoms with E-state index < -0.39 is 0 Å². The number of pyridine rings is 1. The van der Waals surface area contributed by atoms with Crippen molar-refractivity contribution in [3.05, 3.63) is 54.2 Å². The summed E-state index contributed by atoms with van der Waals surface area (Å²) in [6, 6.07) is 14.2. The van der Waals surface area contributed by atoms with Gasteiger partial charge in [0.25, 0.3) is 6.01 Å². The number of fused-ring (bicyclic) bond motifs is 1. The Kier molecular flexibility index (Phi) is 4.09. The van der Waals surface area contributed by atoms with Crippen LogP contribution in [0, 0.1) is 0 Å². The van der Waals surface area contributed by atoms with Gasteiger partial charge in [-0.1, -0.05) is 30.3 Å². The van der Waals surface area contributed by atoms with E-state index in [4.69, 9.17) is 4.42 Å². The second-order valence-corrected chi connectivity index (χ2v) is 6.27. The van der Waals surface area contributed by atoms with E-state index in [1.54, 1.807) is 6.20 Å². The number of amides is 1. The molecule has 1 aromatic carbocycles. The zero-order valence-corrected chi connectivity index (χ0v) is 14.1. The summed E-state index contributed by atoms with van der Waals surface area (Å²) in [7, 11) is 0. The lowest BCUT2D eigenvalue weighted by atomic mass is 9.99. The third-order valence-corrected chi connectivity index (χ3v) is 4.69. The van der Waals surface area contributed by atoms with Gasteiger partial charge in [0.1, 0.15) is 5.52 Å². The Balaban J connectivity index is 1.41. The second-order valence-electron chi connectivity index (χ2n) is 6.27. The summed E-state index contributed by atoms with van der Waals surface area (Å²) in [6.07, 6.45) is 1.69. The molecule has 0 radical (unpaired) electrons. The minimum Gasteiger partial charge on any atom is -0.404 e. The summed E-state index contributed by atoms with van der Waals surface area (Å²) in [5.41, 5.74) is 2.36. The van der Waals surface area contributed by atoms with E-state index in [9.17, 15) is 4.79 Å². The molecule has 0 aliphatic carbocycles. The lowest BCUT2D eigenvalue weighted by molar-refractivity contribution is -0.132. The molecule has 25 heavy (non-hydrogen) atoms. The summed E-state index contributed by atoms with van der Waals surface area (Å²) in [6.45, 7) is 4.72. The van der Waals surface area contributed by atoms with E-state index in [1.165, 1.54) is 0 Å². The third-order valence-electron chi connectivity index (χ3n) is 4.69. The van der Waals surface area contributed by atoms with Crippen molar-refractivity contribution in [3.8, 4) is 0 Å².